The number of ether oxygens (including phenoxy) is 2. The van der Waals surface area contributed by atoms with E-state index in [9.17, 15) is 0 Å². The molecule has 0 unspecified atom stereocenters. The van der Waals surface area contributed by atoms with E-state index in [1.165, 1.54) is 0 Å². The van der Waals surface area contributed by atoms with Gasteiger partial charge in [-0.1, -0.05) is 12.1 Å². The maximum atomic E-state index is 6.13. The number of nitrogens with one attached hydrogen (secondary N) is 1. The van der Waals surface area contributed by atoms with Gasteiger partial charge in [0.15, 0.2) is 11.5 Å². The third kappa shape index (κ3) is 3.13. The maximum Gasteiger partial charge on any atom is 0.225 e. The Balaban J connectivity index is 1.57. The fourth-order valence-electron chi connectivity index (χ4n) is 3.32. The monoisotopic (exact) mass is 378 g/mol. The van der Waals surface area contributed by atoms with Gasteiger partial charge in [-0.3, -0.25) is 0 Å². The Kier molecular flexibility index (Phi) is 4.60. The first-order chi connectivity index (χ1) is 13.6. The molecular weight excluding hydrogens is 356 g/mol. The number of hydrogen-bond donors (Lipinski definition) is 2. The van der Waals surface area contributed by atoms with Crippen LogP contribution in [0.5, 0.6) is 11.5 Å². The molecule has 0 radical (unpaired) electrons. The third-order valence-corrected chi connectivity index (χ3v) is 4.69. The van der Waals surface area contributed by atoms with Gasteiger partial charge >= 0.3 is 0 Å². The zero-order valence-electron chi connectivity index (χ0n) is 16.1. The van der Waals surface area contributed by atoms with Gasteiger partial charge in [-0.15, -0.1) is 0 Å². The molecular formula is C20H22N6O2. The number of nitrogen functional groups attached to an aromatic ring is 1. The highest BCUT2D eigenvalue weighted by atomic mass is 16.5. The van der Waals surface area contributed by atoms with E-state index >= 15 is 0 Å². The Morgan fingerprint density at radius 1 is 1.00 bits per heavy atom. The van der Waals surface area contributed by atoms with Crippen LogP contribution in [0.2, 0.25) is 0 Å². The lowest BCUT2D eigenvalue weighted by molar-refractivity contribution is 0.356. The number of nitrogens with two attached hydrogens (primary N) is 1. The van der Waals surface area contributed by atoms with Crippen LogP contribution >= 0.6 is 0 Å². The van der Waals surface area contributed by atoms with Crippen molar-refractivity contribution in [2.24, 2.45) is 0 Å². The van der Waals surface area contributed by atoms with Crippen LogP contribution in [0.4, 0.5) is 11.8 Å². The molecule has 0 spiro atoms. The fraction of sp³-hybridized carbons (Fsp3) is 0.250. The Labute approximate surface area is 162 Å². The number of aromatic nitrogens is 4. The Bertz CT molecular complexity index is 1150. The number of imidazole rings is 1. The van der Waals surface area contributed by atoms with Crippen LogP contribution in [0, 0.1) is 6.92 Å². The third-order valence-electron chi connectivity index (χ3n) is 4.69. The normalized spacial score (nSPS) is 11.1. The predicted octanol–water partition coefficient (Wildman–Crippen LogP) is 3.00. The number of anilines is 2. The smallest absolute Gasteiger partial charge is 0.225 e. The SMILES string of the molecule is COc1cc2nc(NCCn3c(C)nc4ccccc43)nc(N)c2cc1OC. The largest absolute Gasteiger partial charge is 0.493 e. The van der Waals surface area contributed by atoms with Gasteiger partial charge in [0, 0.05) is 24.5 Å². The molecule has 28 heavy (non-hydrogen) atoms. The maximum absolute atomic E-state index is 6.13. The molecule has 0 aliphatic carbocycles. The molecule has 0 amide bonds. The summed E-state index contributed by atoms with van der Waals surface area (Å²) in [5.74, 6) is 3.02. The molecule has 0 aliphatic heterocycles. The highest BCUT2D eigenvalue weighted by Gasteiger charge is 2.12. The second kappa shape index (κ2) is 7.22. The van der Waals surface area contributed by atoms with E-state index in [1.807, 2.05) is 25.1 Å². The quantitative estimate of drug-likeness (QED) is 0.532. The first kappa shape index (κ1) is 17.8. The molecule has 2 heterocycles. The summed E-state index contributed by atoms with van der Waals surface area (Å²) in [6, 6.07) is 11.7. The summed E-state index contributed by atoms with van der Waals surface area (Å²) in [6.45, 7) is 3.38. The minimum Gasteiger partial charge on any atom is -0.493 e. The van der Waals surface area contributed by atoms with E-state index in [-0.39, 0.29) is 0 Å². The lowest BCUT2D eigenvalue weighted by Crippen LogP contribution is -2.14. The Morgan fingerprint density at radius 2 is 1.75 bits per heavy atom. The topological polar surface area (TPSA) is 100 Å². The van der Waals surface area contributed by atoms with Crippen molar-refractivity contribution in [2.75, 3.05) is 31.8 Å². The Morgan fingerprint density at radius 3 is 2.54 bits per heavy atom. The van der Waals surface area contributed by atoms with Crippen molar-refractivity contribution in [1.82, 2.24) is 19.5 Å². The van der Waals surface area contributed by atoms with Crippen molar-refractivity contribution >= 4 is 33.7 Å². The lowest BCUT2D eigenvalue weighted by atomic mass is 10.2. The molecule has 0 bridgehead atoms. The van der Waals surface area contributed by atoms with Crippen molar-refractivity contribution in [3.63, 3.8) is 0 Å². The minimum absolute atomic E-state index is 0.387. The van der Waals surface area contributed by atoms with Crippen molar-refractivity contribution < 1.29 is 9.47 Å². The summed E-state index contributed by atoms with van der Waals surface area (Å²) in [4.78, 5) is 13.5. The number of para-hydroxylation sites is 2. The van der Waals surface area contributed by atoms with E-state index < -0.39 is 0 Å². The van der Waals surface area contributed by atoms with Crippen molar-refractivity contribution in [2.45, 2.75) is 13.5 Å². The van der Waals surface area contributed by atoms with E-state index in [4.69, 9.17) is 15.2 Å². The molecule has 0 aliphatic rings. The van der Waals surface area contributed by atoms with Crippen LogP contribution in [-0.4, -0.2) is 40.3 Å². The molecule has 2 aromatic carbocycles. The van der Waals surface area contributed by atoms with Gasteiger partial charge in [0.25, 0.3) is 0 Å². The predicted molar refractivity (Wildman–Crippen MR) is 110 cm³/mol. The number of methoxy groups -OCH3 is 2. The summed E-state index contributed by atoms with van der Waals surface area (Å²) >= 11 is 0. The number of nitrogens with zero attached hydrogens (tertiary/aromatic N) is 4. The lowest BCUT2D eigenvalue weighted by Gasteiger charge is -2.12. The molecule has 0 fully saturated rings. The molecule has 4 rings (SSSR count). The van der Waals surface area contributed by atoms with E-state index in [2.05, 4.69) is 30.9 Å². The number of hydrogen-bond acceptors (Lipinski definition) is 7. The second-order valence-corrected chi connectivity index (χ2v) is 6.38. The van der Waals surface area contributed by atoms with E-state index in [0.29, 0.717) is 35.3 Å². The average Bonchev–Trinajstić information content (AvgIpc) is 3.02. The summed E-state index contributed by atoms with van der Waals surface area (Å²) in [5, 5.41) is 3.97. The molecule has 144 valence electrons. The number of fused-ring (bicyclic) bond motifs is 2. The first-order valence-electron chi connectivity index (χ1n) is 8.95. The molecule has 4 aromatic rings. The van der Waals surface area contributed by atoms with Gasteiger partial charge in [-0.05, 0) is 25.1 Å². The van der Waals surface area contributed by atoms with Crippen LogP contribution in [0.15, 0.2) is 36.4 Å². The molecule has 3 N–H and O–H groups in total. The molecule has 2 aromatic heterocycles. The van der Waals surface area contributed by atoms with Crippen LogP contribution < -0.4 is 20.5 Å². The zero-order chi connectivity index (χ0) is 19.7. The fourth-order valence-corrected chi connectivity index (χ4v) is 3.32. The van der Waals surface area contributed by atoms with Gasteiger partial charge in [-0.2, -0.15) is 4.98 Å². The average molecular weight is 378 g/mol. The first-order valence-corrected chi connectivity index (χ1v) is 8.95. The van der Waals surface area contributed by atoms with Crippen LogP contribution in [0.1, 0.15) is 5.82 Å². The molecule has 0 saturated carbocycles. The number of rotatable bonds is 6. The van der Waals surface area contributed by atoms with Crippen LogP contribution in [0.25, 0.3) is 21.9 Å². The van der Waals surface area contributed by atoms with Gasteiger partial charge in [-0.25, -0.2) is 9.97 Å². The summed E-state index contributed by atoms with van der Waals surface area (Å²) < 4.78 is 12.8. The Hall–Kier alpha value is -3.55. The van der Waals surface area contributed by atoms with Crippen molar-refractivity contribution in [3.8, 4) is 11.5 Å². The van der Waals surface area contributed by atoms with Crippen LogP contribution in [0.3, 0.4) is 0 Å². The second-order valence-electron chi connectivity index (χ2n) is 6.38. The van der Waals surface area contributed by atoms with Crippen LogP contribution in [-0.2, 0) is 6.54 Å². The number of aryl methyl sites for hydroxylation is 1. The van der Waals surface area contributed by atoms with E-state index in [1.54, 1.807) is 26.4 Å². The highest BCUT2D eigenvalue weighted by molar-refractivity contribution is 5.91. The van der Waals surface area contributed by atoms with Gasteiger partial charge < -0.3 is 25.1 Å². The van der Waals surface area contributed by atoms with Gasteiger partial charge in [0.2, 0.25) is 5.95 Å². The zero-order valence-corrected chi connectivity index (χ0v) is 16.1. The molecule has 8 heteroatoms. The summed E-state index contributed by atoms with van der Waals surface area (Å²) in [5.41, 5.74) is 8.93. The van der Waals surface area contributed by atoms with E-state index in [0.717, 1.165) is 28.8 Å². The summed E-state index contributed by atoms with van der Waals surface area (Å²) in [7, 11) is 3.17. The van der Waals surface area contributed by atoms with Crippen molar-refractivity contribution in [1.29, 1.82) is 0 Å². The molecule has 0 atom stereocenters. The minimum atomic E-state index is 0.387. The van der Waals surface area contributed by atoms with Gasteiger partial charge in [0.1, 0.15) is 11.6 Å². The van der Waals surface area contributed by atoms with Crippen molar-refractivity contribution in [3.05, 3.63) is 42.2 Å². The van der Waals surface area contributed by atoms with Gasteiger partial charge in [0.05, 0.1) is 30.8 Å². The molecule has 8 nitrogen and oxygen atoms in total. The summed E-state index contributed by atoms with van der Waals surface area (Å²) in [6.07, 6.45) is 0. The standard InChI is InChI=1S/C20H22N6O2/c1-12-23-14-6-4-5-7-16(14)26(12)9-8-22-20-24-15-11-18(28-3)17(27-2)10-13(15)19(21)25-20/h4-7,10-11H,8-9H2,1-3H3,(H3,21,22,24,25). The molecule has 0 saturated heterocycles. The number of benzene rings is 2. The highest BCUT2D eigenvalue weighted by Crippen LogP contribution is 2.33.